The first kappa shape index (κ1) is 22.5. The lowest BCUT2D eigenvalue weighted by Crippen LogP contribution is -2.30. The largest absolute Gasteiger partial charge is 0.325 e. The second-order valence-corrected chi connectivity index (χ2v) is 11.2. The van der Waals surface area contributed by atoms with Crippen molar-refractivity contribution in [3.63, 3.8) is 0 Å². The molecule has 1 aliphatic carbocycles. The second kappa shape index (κ2) is 8.70. The predicted octanol–water partition coefficient (Wildman–Crippen LogP) is 6.00. The van der Waals surface area contributed by atoms with Crippen molar-refractivity contribution in [2.45, 2.75) is 37.0 Å². The number of carbonyl (C=O) groups excluding carboxylic acids is 1. The number of fused-ring (bicyclic) bond motifs is 3. The molecule has 1 spiro atoms. The van der Waals surface area contributed by atoms with Crippen molar-refractivity contribution in [2.75, 3.05) is 25.5 Å². The van der Waals surface area contributed by atoms with E-state index < -0.39 is 5.41 Å². The van der Waals surface area contributed by atoms with Crippen LogP contribution < -0.4 is 5.32 Å². The van der Waals surface area contributed by atoms with E-state index in [-0.39, 0.29) is 11.8 Å². The molecular formula is C32H32N4O. The molecule has 1 saturated heterocycles. The predicted molar refractivity (Wildman–Crippen MR) is 149 cm³/mol. The number of nitrogens with zero attached hydrogens (tertiary/aromatic N) is 2. The van der Waals surface area contributed by atoms with Crippen LogP contribution >= 0.6 is 0 Å². The molecule has 2 fully saturated rings. The number of para-hydroxylation sites is 1. The zero-order chi connectivity index (χ0) is 25.0. The highest BCUT2D eigenvalue weighted by molar-refractivity contribution is 6.09. The van der Waals surface area contributed by atoms with Crippen LogP contribution in [0.25, 0.3) is 23.1 Å². The molecule has 37 heavy (non-hydrogen) atoms. The fourth-order valence-electron chi connectivity index (χ4n) is 6.49. The molecule has 3 aliphatic rings. The van der Waals surface area contributed by atoms with Gasteiger partial charge in [0.05, 0.1) is 16.6 Å². The Morgan fingerprint density at radius 3 is 2.68 bits per heavy atom. The number of aromatic nitrogens is 2. The van der Waals surface area contributed by atoms with E-state index in [1.54, 1.807) is 0 Å². The van der Waals surface area contributed by atoms with E-state index in [4.69, 9.17) is 0 Å². The average molecular weight is 489 g/mol. The normalized spacial score (nSPS) is 23.7. The number of likely N-dealkylation sites (tertiary alicyclic amines) is 1. The fourth-order valence-corrected chi connectivity index (χ4v) is 6.49. The zero-order valence-corrected chi connectivity index (χ0v) is 21.2. The Morgan fingerprint density at radius 2 is 1.84 bits per heavy atom. The molecule has 1 aromatic heterocycles. The van der Waals surface area contributed by atoms with Gasteiger partial charge < -0.3 is 10.2 Å². The number of carbonyl (C=O) groups is 1. The number of anilines is 1. The number of H-pyrrole nitrogens is 1. The lowest BCUT2D eigenvalue weighted by Gasteiger charge is -2.28. The molecule has 2 atom stereocenters. The van der Waals surface area contributed by atoms with Gasteiger partial charge >= 0.3 is 0 Å². The molecule has 1 amide bonds. The van der Waals surface area contributed by atoms with E-state index in [0.29, 0.717) is 0 Å². The van der Waals surface area contributed by atoms with Crippen LogP contribution in [-0.4, -0.2) is 41.1 Å². The van der Waals surface area contributed by atoms with Crippen LogP contribution in [0.4, 0.5) is 5.69 Å². The van der Waals surface area contributed by atoms with E-state index >= 15 is 0 Å². The van der Waals surface area contributed by atoms with Crippen molar-refractivity contribution >= 4 is 34.6 Å². The number of hydrogen-bond acceptors (Lipinski definition) is 3. The minimum absolute atomic E-state index is 0.129. The first-order chi connectivity index (χ1) is 18.1. The van der Waals surface area contributed by atoms with E-state index in [1.807, 2.05) is 18.2 Å². The van der Waals surface area contributed by atoms with Crippen molar-refractivity contribution in [3.8, 4) is 0 Å². The highest BCUT2D eigenvalue weighted by Crippen LogP contribution is 2.64. The molecule has 5 heteroatoms. The molecule has 186 valence electrons. The standard InChI is InChI=1S/C32H32N4O/c1-36-16-14-23(15-17-36)18-22-8-6-21(7-9-22)10-13-28-25-12-11-24(19-30(25)35-34-28)27-20-32(27)26-4-2-3-5-29(26)33-31(32)37/h2-13,19,23,27H,14-18,20H2,1H3,(H,33,37)(H,34,35)/t27-,32-/m0/s1. The van der Waals surface area contributed by atoms with Gasteiger partial charge in [-0.2, -0.15) is 5.10 Å². The number of piperidine rings is 1. The third kappa shape index (κ3) is 3.89. The topological polar surface area (TPSA) is 61.0 Å². The summed E-state index contributed by atoms with van der Waals surface area (Å²) in [4.78, 5) is 15.3. The Labute approximate surface area is 217 Å². The Hall–Kier alpha value is -3.70. The number of rotatable bonds is 5. The summed E-state index contributed by atoms with van der Waals surface area (Å²) in [5.41, 5.74) is 7.44. The van der Waals surface area contributed by atoms with Gasteiger partial charge in [-0.25, -0.2) is 0 Å². The number of nitrogens with one attached hydrogen (secondary N) is 2. The van der Waals surface area contributed by atoms with Crippen molar-refractivity contribution in [2.24, 2.45) is 5.92 Å². The van der Waals surface area contributed by atoms with Crippen molar-refractivity contribution in [3.05, 3.63) is 94.7 Å². The minimum atomic E-state index is -0.410. The van der Waals surface area contributed by atoms with Gasteiger partial charge in [0.1, 0.15) is 0 Å². The smallest absolute Gasteiger partial charge is 0.235 e. The third-order valence-electron chi connectivity index (χ3n) is 8.82. The Balaban J connectivity index is 1.06. The zero-order valence-electron chi connectivity index (χ0n) is 21.2. The van der Waals surface area contributed by atoms with Gasteiger partial charge in [0.15, 0.2) is 0 Å². The third-order valence-corrected chi connectivity index (χ3v) is 8.82. The van der Waals surface area contributed by atoms with Gasteiger partial charge in [0.25, 0.3) is 0 Å². The van der Waals surface area contributed by atoms with Gasteiger partial charge in [-0.05, 0) is 92.2 Å². The van der Waals surface area contributed by atoms with Crippen LogP contribution in [0.15, 0.2) is 66.7 Å². The molecule has 7 rings (SSSR count). The van der Waals surface area contributed by atoms with Crippen LogP contribution in [0.2, 0.25) is 0 Å². The van der Waals surface area contributed by atoms with Crippen LogP contribution in [0, 0.1) is 5.92 Å². The Morgan fingerprint density at radius 1 is 1.03 bits per heavy atom. The van der Waals surface area contributed by atoms with Crippen molar-refractivity contribution in [1.82, 2.24) is 15.1 Å². The quantitative estimate of drug-likeness (QED) is 0.362. The minimum Gasteiger partial charge on any atom is -0.325 e. The van der Waals surface area contributed by atoms with Gasteiger partial charge in [-0.3, -0.25) is 9.89 Å². The molecule has 1 saturated carbocycles. The molecule has 2 N–H and O–H groups in total. The van der Waals surface area contributed by atoms with Crippen molar-refractivity contribution in [1.29, 1.82) is 0 Å². The average Bonchev–Trinajstić information content (AvgIpc) is 3.46. The summed E-state index contributed by atoms with van der Waals surface area (Å²) in [6, 6.07) is 23.5. The monoisotopic (exact) mass is 488 g/mol. The lowest BCUT2D eigenvalue weighted by molar-refractivity contribution is -0.118. The lowest BCUT2D eigenvalue weighted by atomic mass is 9.90. The van der Waals surface area contributed by atoms with Crippen LogP contribution in [0.5, 0.6) is 0 Å². The highest BCUT2D eigenvalue weighted by Gasteiger charge is 2.65. The molecule has 0 bridgehead atoms. The molecule has 0 radical (unpaired) electrons. The molecule has 3 aromatic carbocycles. The van der Waals surface area contributed by atoms with Gasteiger partial charge in [0.2, 0.25) is 5.91 Å². The van der Waals surface area contributed by atoms with E-state index in [9.17, 15) is 4.79 Å². The summed E-state index contributed by atoms with van der Waals surface area (Å²) in [5, 5.41) is 12.0. The first-order valence-corrected chi connectivity index (χ1v) is 13.4. The van der Waals surface area contributed by atoms with Crippen LogP contribution in [0.1, 0.15) is 53.1 Å². The van der Waals surface area contributed by atoms with Crippen molar-refractivity contribution < 1.29 is 4.79 Å². The maximum absolute atomic E-state index is 12.9. The molecule has 2 aliphatic heterocycles. The van der Waals surface area contributed by atoms with E-state index in [0.717, 1.165) is 40.2 Å². The Kier molecular flexibility index (Phi) is 5.29. The number of aromatic amines is 1. The summed E-state index contributed by atoms with van der Waals surface area (Å²) < 4.78 is 0. The maximum atomic E-state index is 12.9. The fraction of sp³-hybridized carbons (Fsp3) is 0.312. The highest BCUT2D eigenvalue weighted by atomic mass is 16.2. The van der Waals surface area contributed by atoms with Gasteiger partial charge in [0, 0.05) is 17.0 Å². The second-order valence-electron chi connectivity index (χ2n) is 11.2. The summed E-state index contributed by atoms with van der Waals surface area (Å²) in [6.45, 7) is 2.44. The van der Waals surface area contributed by atoms with Crippen LogP contribution in [0.3, 0.4) is 0 Å². The molecule has 4 aromatic rings. The molecule has 5 nitrogen and oxygen atoms in total. The molecular weight excluding hydrogens is 456 g/mol. The number of benzene rings is 3. The van der Waals surface area contributed by atoms with E-state index in [2.05, 4.69) is 88.1 Å². The SMILES string of the molecule is CN1CCC(Cc2ccc(C=Cc3n[nH]c4cc([C@@H]5C[C@@]56C(=O)Nc5ccccc56)ccc34)cc2)CC1. The summed E-state index contributed by atoms with van der Waals surface area (Å²) in [5.74, 6) is 1.14. The molecule has 0 unspecified atom stereocenters. The van der Waals surface area contributed by atoms with E-state index in [1.165, 1.54) is 49.0 Å². The summed E-state index contributed by atoms with van der Waals surface area (Å²) >= 11 is 0. The van der Waals surface area contributed by atoms with Gasteiger partial charge in [-0.15, -0.1) is 0 Å². The molecule has 3 heterocycles. The number of amides is 1. The first-order valence-electron chi connectivity index (χ1n) is 13.4. The maximum Gasteiger partial charge on any atom is 0.235 e. The summed E-state index contributed by atoms with van der Waals surface area (Å²) in [7, 11) is 2.22. The summed E-state index contributed by atoms with van der Waals surface area (Å²) in [6.07, 6.45) is 8.86. The van der Waals surface area contributed by atoms with Gasteiger partial charge in [-0.1, -0.05) is 60.7 Å². The number of hydrogen-bond donors (Lipinski definition) is 2. The Bertz CT molecular complexity index is 1510. The van der Waals surface area contributed by atoms with Crippen LogP contribution in [-0.2, 0) is 16.6 Å².